The van der Waals surface area contributed by atoms with Gasteiger partial charge in [-0.2, -0.15) is 0 Å². The Morgan fingerprint density at radius 1 is 1.32 bits per heavy atom. The molecule has 19 heavy (non-hydrogen) atoms. The molecule has 0 bridgehead atoms. The number of rotatable bonds is 1. The van der Waals surface area contributed by atoms with E-state index in [1.54, 1.807) is 0 Å². The lowest BCUT2D eigenvalue weighted by Crippen LogP contribution is -2.17. The first-order valence-corrected chi connectivity index (χ1v) is 7.17. The average molecular weight is 343 g/mol. The number of imidazole rings is 1. The third-order valence-electron chi connectivity index (χ3n) is 3.00. The van der Waals surface area contributed by atoms with Gasteiger partial charge in [-0.25, -0.2) is 4.98 Å². The maximum absolute atomic E-state index is 6.17. The molecule has 0 saturated carbocycles. The Kier molecular flexibility index (Phi) is 3.67. The van der Waals surface area contributed by atoms with Gasteiger partial charge >= 0.3 is 0 Å². The van der Waals surface area contributed by atoms with Crippen LogP contribution in [0.2, 0.25) is 5.02 Å². The Hall–Kier alpha value is -1.00. The molecule has 0 unspecified atom stereocenters. The van der Waals surface area contributed by atoms with E-state index in [-0.39, 0.29) is 5.41 Å². The molecular weight excluding hydrogens is 326 g/mol. The monoisotopic (exact) mass is 341 g/mol. The van der Waals surface area contributed by atoms with Gasteiger partial charge < -0.3 is 10.3 Å². The summed E-state index contributed by atoms with van der Waals surface area (Å²) in [5.74, 6) is 1.63. The summed E-state index contributed by atoms with van der Waals surface area (Å²) in [5, 5.41) is 0.675. The predicted octanol–water partition coefficient (Wildman–Crippen LogP) is 4.38. The van der Waals surface area contributed by atoms with Gasteiger partial charge in [0.25, 0.3) is 0 Å². The minimum Gasteiger partial charge on any atom is -0.383 e. The standard InChI is InChI=1S/C14H17BrClN3/c1-14(2,3)13-18-11(12(17)19(13)4)8-5-6-10(16)9(15)7-8/h5-7H,17H2,1-4H3. The van der Waals surface area contributed by atoms with Crippen LogP contribution in [-0.2, 0) is 12.5 Å². The van der Waals surface area contributed by atoms with Gasteiger partial charge in [0.2, 0.25) is 0 Å². The molecule has 5 heteroatoms. The van der Waals surface area contributed by atoms with Crippen LogP contribution in [-0.4, -0.2) is 9.55 Å². The van der Waals surface area contributed by atoms with Crippen LogP contribution in [0.25, 0.3) is 11.3 Å². The molecule has 0 aliphatic rings. The van der Waals surface area contributed by atoms with Crippen molar-refractivity contribution in [1.29, 1.82) is 0 Å². The molecule has 3 nitrogen and oxygen atoms in total. The topological polar surface area (TPSA) is 43.8 Å². The minimum atomic E-state index is -0.0508. The summed E-state index contributed by atoms with van der Waals surface area (Å²) in [4.78, 5) is 4.70. The number of halogens is 2. The molecular formula is C14H17BrClN3. The van der Waals surface area contributed by atoms with Crippen LogP contribution in [0.4, 0.5) is 5.82 Å². The number of benzene rings is 1. The van der Waals surface area contributed by atoms with Gasteiger partial charge in [-0.3, -0.25) is 0 Å². The van der Waals surface area contributed by atoms with Gasteiger partial charge in [-0.1, -0.05) is 38.4 Å². The summed E-state index contributed by atoms with van der Waals surface area (Å²) >= 11 is 9.44. The maximum atomic E-state index is 6.17. The SMILES string of the molecule is Cn1c(C(C)(C)C)nc(-c2ccc(Cl)c(Br)c2)c1N. The van der Waals surface area contributed by atoms with Crippen molar-refractivity contribution in [1.82, 2.24) is 9.55 Å². The summed E-state index contributed by atoms with van der Waals surface area (Å²) in [5.41, 5.74) is 7.88. The van der Waals surface area contributed by atoms with Crippen LogP contribution in [0.5, 0.6) is 0 Å². The second kappa shape index (κ2) is 4.84. The first kappa shape index (κ1) is 14.4. The van der Waals surface area contributed by atoms with E-state index in [1.165, 1.54) is 0 Å². The van der Waals surface area contributed by atoms with Crippen molar-refractivity contribution < 1.29 is 0 Å². The normalized spacial score (nSPS) is 11.9. The minimum absolute atomic E-state index is 0.0508. The van der Waals surface area contributed by atoms with E-state index in [0.717, 1.165) is 21.6 Å². The molecule has 0 radical (unpaired) electrons. The molecule has 0 atom stereocenters. The van der Waals surface area contributed by atoms with E-state index >= 15 is 0 Å². The van der Waals surface area contributed by atoms with Crippen molar-refractivity contribution in [3.8, 4) is 11.3 Å². The third kappa shape index (κ3) is 2.65. The van der Waals surface area contributed by atoms with Crippen molar-refractivity contribution in [2.24, 2.45) is 7.05 Å². The Morgan fingerprint density at radius 2 is 1.95 bits per heavy atom. The number of anilines is 1. The lowest BCUT2D eigenvalue weighted by Gasteiger charge is -2.17. The highest BCUT2D eigenvalue weighted by atomic mass is 79.9. The first-order chi connectivity index (χ1) is 8.71. The number of nitrogens with two attached hydrogens (primary N) is 1. The van der Waals surface area contributed by atoms with E-state index in [1.807, 2.05) is 29.8 Å². The zero-order chi connectivity index (χ0) is 14.4. The van der Waals surface area contributed by atoms with Crippen molar-refractivity contribution in [2.45, 2.75) is 26.2 Å². The highest BCUT2D eigenvalue weighted by Crippen LogP contribution is 2.34. The van der Waals surface area contributed by atoms with Crippen molar-refractivity contribution >= 4 is 33.3 Å². The first-order valence-electron chi connectivity index (χ1n) is 6.00. The van der Waals surface area contributed by atoms with Crippen LogP contribution in [0.15, 0.2) is 22.7 Å². The number of hydrogen-bond acceptors (Lipinski definition) is 2. The quantitative estimate of drug-likeness (QED) is 0.835. The van der Waals surface area contributed by atoms with Crippen molar-refractivity contribution in [3.63, 3.8) is 0 Å². The van der Waals surface area contributed by atoms with Crippen LogP contribution < -0.4 is 5.73 Å². The van der Waals surface area contributed by atoms with Gasteiger partial charge in [-0.15, -0.1) is 0 Å². The molecule has 2 rings (SSSR count). The lowest BCUT2D eigenvalue weighted by atomic mass is 9.96. The smallest absolute Gasteiger partial charge is 0.131 e. The second-order valence-electron chi connectivity index (χ2n) is 5.61. The molecule has 0 aliphatic carbocycles. The van der Waals surface area contributed by atoms with Gasteiger partial charge in [0.1, 0.15) is 17.3 Å². The summed E-state index contributed by atoms with van der Waals surface area (Å²) in [6, 6.07) is 5.71. The van der Waals surface area contributed by atoms with E-state index in [4.69, 9.17) is 22.3 Å². The van der Waals surface area contributed by atoms with Crippen LogP contribution in [0.3, 0.4) is 0 Å². The zero-order valence-electron chi connectivity index (χ0n) is 11.5. The highest BCUT2D eigenvalue weighted by Gasteiger charge is 2.23. The molecule has 0 spiro atoms. The number of nitrogen functional groups attached to an aromatic ring is 1. The molecule has 1 aromatic carbocycles. The third-order valence-corrected chi connectivity index (χ3v) is 4.22. The molecule has 0 fully saturated rings. The predicted molar refractivity (Wildman–Crippen MR) is 84.5 cm³/mol. The number of aromatic nitrogens is 2. The van der Waals surface area contributed by atoms with Crippen LogP contribution in [0, 0.1) is 0 Å². The average Bonchev–Trinajstić information content (AvgIpc) is 2.60. The van der Waals surface area contributed by atoms with Gasteiger partial charge in [-0.05, 0) is 28.1 Å². The number of nitrogens with zero attached hydrogens (tertiary/aromatic N) is 2. The van der Waals surface area contributed by atoms with Gasteiger partial charge in [0.15, 0.2) is 0 Å². The summed E-state index contributed by atoms with van der Waals surface area (Å²) in [6.07, 6.45) is 0. The van der Waals surface area contributed by atoms with Crippen molar-refractivity contribution in [3.05, 3.63) is 33.5 Å². The highest BCUT2D eigenvalue weighted by molar-refractivity contribution is 9.10. The van der Waals surface area contributed by atoms with Crippen molar-refractivity contribution in [2.75, 3.05) is 5.73 Å². The van der Waals surface area contributed by atoms with Gasteiger partial charge in [0, 0.05) is 22.5 Å². The molecule has 1 heterocycles. The van der Waals surface area contributed by atoms with Crippen LogP contribution in [0.1, 0.15) is 26.6 Å². The van der Waals surface area contributed by atoms with Gasteiger partial charge in [0.05, 0.1) is 5.02 Å². The molecule has 102 valence electrons. The Bertz CT molecular complexity index is 626. The van der Waals surface area contributed by atoms with E-state index < -0.39 is 0 Å². The molecule has 2 aromatic rings. The molecule has 1 aromatic heterocycles. The Balaban J connectivity index is 2.60. The fourth-order valence-electron chi connectivity index (χ4n) is 2.04. The van der Waals surface area contributed by atoms with E-state index in [9.17, 15) is 0 Å². The zero-order valence-corrected chi connectivity index (χ0v) is 13.8. The molecule has 0 saturated heterocycles. The second-order valence-corrected chi connectivity index (χ2v) is 6.87. The fourth-order valence-corrected chi connectivity index (χ4v) is 2.53. The Morgan fingerprint density at radius 3 is 2.42 bits per heavy atom. The van der Waals surface area contributed by atoms with E-state index in [0.29, 0.717) is 10.8 Å². The fraction of sp³-hybridized carbons (Fsp3) is 0.357. The lowest BCUT2D eigenvalue weighted by molar-refractivity contribution is 0.524. The molecule has 2 N–H and O–H groups in total. The summed E-state index contributed by atoms with van der Waals surface area (Å²) in [6.45, 7) is 6.36. The molecule has 0 aliphatic heterocycles. The largest absolute Gasteiger partial charge is 0.383 e. The summed E-state index contributed by atoms with van der Waals surface area (Å²) < 4.78 is 2.78. The summed E-state index contributed by atoms with van der Waals surface area (Å²) in [7, 11) is 1.94. The molecule has 0 amide bonds. The van der Waals surface area contributed by atoms with Crippen LogP contribution >= 0.6 is 27.5 Å². The number of hydrogen-bond donors (Lipinski definition) is 1. The van der Waals surface area contributed by atoms with E-state index in [2.05, 4.69) is 36.7 Å². The Labute approximate surface area is 126 Å². The maximum Gasteiger partial charge on any atom is 0.131 e.